The first-order valence-electron chi connectivity index (χ1n) is 6.28. The molecule has 0 saturated carbocycles. The highest BCUT2D eigenvalue weighted by atomic mass is 16.2. The van der Waals surface area contributed by atoms with E-state index in [9.17, 15) is 9.59 Å². The van der Waals surface area contributed by atoms with Gasteiger partial charge in [-0.15, -0.1) is 0 Å². The molecule has 5 nitrogen and oxygen atoms in total. The van der Waals surface area contributed by atoms with Gasteiger partial charge < -0.3 is 16.0 Å². The average Bonchev–Trinajstić information content (AvgIpc) is 2.69. The molecule has 0 aliphatic carbocycles. The van der Waals surface area contributed by atoms with Crippen molar-refractivity contribution in [1.82, 2.24) is 16.0 Å². The lowest BCUT2D eigenvalue weighted by Crippen LogP contribution is -2.42. The highest BCUT2D eigenvalue weighted by molar-refractivity contribution is 5.86. The number of amides is 2. The molecule has 0 bridgehead atoms. The molecule has 1 aliphatic heterocycles. The number of rotatable bonds is 5. The van der Waals surface area contributed by atoms with Crippen LogP contribution in [0.1, 0.15) is 27.2 Å². The van der Waals surface area contributed by atoms with Crippen LogP contribution in [-0.4, -0.2) is 37.5 Å². The van der Waals surface area contributed by atoms with Crippen molar-refractivity contribution >= 4 is 11.8 Å². The standard InChI is InChI=1S/C12H23N3O2/c1-8(2)6-14-11(16)7-15-12(17)10-4-5-13-9(10)3/h8-10,13H,4-7H2,1-3H3,(H,14,16)(H,15,17). The lowest BCUT2D eigenvalue weighted by Gasteiger charge is -2.15. The van der Waals surface area contributed by atoms with Gasteiger partial charge in [-0.1, -0.05) is 13.8 Å². The zero-order valence-corrected chi connectivity index (χ0v) is 10.9. The number of carbonyl (C=O) groups is 2. The maximum atomic E-state index is 11.8. The first-order chi connectivity index (χ1) is 8.00. The van der Waals surface area contributed by atoms with Crippen molar-refractivity contribution in [3.05, 3.63) is 0 Å². The normalized spacial score (nSPS) is 23.8. The molecule has 2 atom stereocenters. The van der Waals surface area contributed by atoms with E-state index in [1.807, 2.05) is 20.8 Å². The van der Waals surface area contributed by atoms with E-state index in [1.165, 1.54) is 0 Å². The summed E-state index contributed by atoms with van der Waals surface area (Å²) in [5.74, 6) is 0.273. The number of hydrogen-bond donors (Lipinski definition) is 3. The van der Waals surface area contributed by atoms with E-state index < -0.39 is 0 Å². The van der Waals surface area contributed by atoms with E-state index >= 15 is 0 Å². The summed E-state index contributed by atoms with van der Waals surface area (Å²) in [5, 5.41) is 8.67. The highest BCUT2D eigenvalue weighted by Gasteiger charge is 2.29. The van der Waals surface area contributed by atoms with Crippen LogP contribution in [0.2, 0.25) is 0 Å². The molecule has 0 radical (unpaired) electrons. The van der Waals surface area contributed by atoms with E-state index in [2.05, 4.69) is 16.0 Å². The van der Waals surface area contributed by atoms with Gasteiger partial charge in [0.25, 0.3) is 0 Å². The molecule has 1 heterocycles. The van der Waals surface area contributed by atoms with Gasteiger partial charge in [-0.3, -0.25) is 9.59 Å². The van der Waals surface area contributed by atoms with E-state index in [4.69, 9.17) is 0 Å². The van der Waals surface area contributed by atoms with Gasteiger partial charge in [-0.05, 0) is 25.8 Å². The number of hydrogen-bond acceptors (Lipinski definition) is 3. The Morgan fingerprint density at radius 1 is 1.35 bits per heavy atom. The minimum Gasteiger partial charge on any atom is -0.354 e. The molecule has 0 aromatic heterocycles. The van der Waals surface area contributed by atoms with Gasteiger partial charge in [0.05, 0.1) is 12.5 Å². The van der Waals surface area contributed by atoms with Crippen molar-refractivity contribution in [2.75, 3.05) is 19.6 Å². The van der Waals surface area contributed by atoms with Crippen LogP contribution < -0.4 is 16.0 Å². The Balaban J connectivity index is 2.21. The van der Waals surface area contributed by atoms with Crippen LogP contribution in [0.25, 0.3) is 0 Å². The minimum atomic E-state index is -0.120. The molecular weight excluding hydrogens is 218 g/mol. The Morgan fingerprint density at radius 2 is 2.06 bits per heavy atom. The van der Waals surface area contributed by atoms with Gasteiger partial charge >= 0.3 is 0 Å². The molecule has 1 aliphatic rings. The van der Waals surface area contributed by atoms with Crippen molar-refractivity contribution < 1.29 is 9.59 Å². The first-order valence-corrected chi connectivity index (χ1v) is 6.28. The topological polar surface area (TPSA) is 70.2 Å². The summed E-state index contributed by atoms with van der Waals surface area (Å²) in [4.78, 5) is 23.2. The third-order valence-corrected chi connectivity index (χ3v) is 2.99. The van der Waals surface area contributed by atoms with Crippen LogP contribution in [0.3, 0.4) is 0 Å². The van der Waals surface area contributed by atoms with Crippen molar-refractivity contribution in [2.24, 2.45) is 11.8 Å². The zero-order valence-electron chi connectivity index (χ0n) is 10.9. The average molecular weight is 241 g/mol. The van der Waals surface area contributed by atoms with Gasteiger partial charge in [-0.25, -0.2) is 0 Å². The molecule has 1 fully saturated rings. The fraction of sp³-hybridized carbons (Fsp3) is 0.833. The molecule has 2 unspecified atom stereocenters. The molecule has 5 heteroatoms. The smallest absolute Gasteiger partial charge is 0.239 e. The predicted molar refractivity (Wildman–Crippen MR) is 66.4 cm³/mol. The summed E-state index contributed by atoms with van der Waals surface area (Å²) in [5.41, 5.74) is 0. The quantitative estimate of drug-likeness (QED) is 0.628. The summed E-state index contributed by atoms with van der Waals surface area (Å²) in [7, 11) is 0. The van der Waals surface area contributed by atoms with Crippen molar-refractivity contribution in [3.8, 4) is 0 Å². The van der Waals surface area contributed by atoms with Crippen LogP contribution in [0.4, 0.5) is 0 Å². The lowest BCUT2D eigenvalue weighted by molar-refractivity contribution is -0.128. The molecule has 98 valence electrons. The third kappa shape index (κ3) is 4.73. The third-order valence-electron chi connectivity index (χ3n) is 2.99. The highest BCUT2D eigenvalue weighted by Crippen LogP contribution is 2.14. The summed E-state index contributed by atoms with van der Waals surface area (Å²) in [6.07, 6.45) is 0.848. The lowest BCUT2D eigenvalue weighted by atomic mass is 10.0. The van der Waals surface area contributed by atoms with Crippen LogP contribution in [-0.2, 0) is 9.59 Å². The second-order valence-corrected chi connectivity index (χ2v) is 5.05. The van der Waals surface area contributed by atoms with Gasteiger partial charge in [0.2, 0.25) is 11.8 Å². The Bertz CT molecular complexity index is 279. The number of carbonyl (C=O) groups excluding carboxylic acids is 2. The van der Waals surface area contributed by atoms with Crippen molar-refractivity contribution in [3.63, 3.8) is 0 Å². The Morgan fingerprint density at radius 3 is 2.59 bits per heavy atom. The second-order valence-electron chi connectivity index (χ2n) is 5.05. The van der Waals surface area contributed by atoms with Gasteiger partial charge in [0, 0.05) is 12.6 Å². The fourth-order valence-electron chi connectivity index (χ4n) is 1.90. The number of nitrogens with one attached hydrogen (secondary N) is 3. The van der Waals surface area contributed by atoms with Crippen LogP contribution in [0, 0.1) is 11.8 Å². The Labute approximate surface area is 103 Å². The van der Waals surface area contributed by atoms with E-state index in [0.717, 1.165) is 13.0 Å². The largest absolute Gasteiger partial charge is 0.354 e. The zero-order chi connectivity index (χ0) is 12.8. The summed E-state index contributed by atoms with van der Waals surface area (Å²) in [6.45, 7) is 7.66. The second kappa shape index (κ2) is 6.59. The van der Waals surface area contributed by atoms with Crippen LogP contribution in [0.15, 0.2) is 0 Å². The first kappa shape index (κ1) is 14.0. The van der Waals surface area contributed by atoms with Crippen LogP contribution >= 0.6 is 0 Å². The van der Waals surface area contributed by atoms with Gasteiger partial charge in [0.15, 0.2) is 0 Å². The van der Waals surface area contributed by atoms with Gasteiger partial charge in [0.1, 0.15) is 0 Å². The van der Waals surface area contributed by atoms with Crippen molar-refractivity contribution in [1.29, 1.82) is 0 Å². The Hall–Kier alpha value is -1.10. The predicted octanol–water partition coefficient (Wildman–Crippen LogP) is -0.127. The van der Waals surface area contributed by atoms with E-state index in [0.29, 0.717) is 12.5 Å². The van der Waals surface area contributed by atoms with Crippen molar-refractivity contribution in [2.45, 2.75) is 33.2 Å². The molecule has 1 saturated heterocycles. The molecule has 17 heavy (non-hydrogen) atoms. The molecule has 1 rings (SSSR count). The van der Waals surface area contributed by atoms with E-state index in [-0.39, 0.29) is 30.3 Å². The summed E-state index contributed by atoms with van der Waals surface area (Å²) in [6, 6.07) is 0.203. The maximum absolute atomic E-state index is 11.8. The monoisotopic (exact) mass is 241 g/mol. The fourth-order valence-corrected chi connectivity index (χ4v) is 1.90. The summed E-state index contributed by atoms with van der Waals surface area (Å²) >= 11 is 0. The molecule has 2 amide bonds. The molecular formula is C12H23N3O2. The molecule has 3 N–H and O–H groups in total. The SMILES string of the molecule is CC(C)CNC(=O)CNC(=O)C1CCNC1C. The molecule has 0 spiro atoms. The van der Waals surface area contributed by atoms with E-state index in [1.54, 1.807) is 0 Å². The maximum Gasteiger partial charge on any atom is 0.239 e. The molecule has 0 aromatic carbocycles. The molecule has 0 aromatic rings. The van der Waals surface area contributed by atoms with Crippen LogP contribution in [0.5, 0.6) is 0 Å². The minimum absolute atomic E-state index is 0.00658. The van der Waals surface area contributed by atoms with Gasteiger partial charge in [-0.2, -0.15) is 0 Å². The summed E-state index contributed by atoms with van der Waals surface area (Å²) < 4.78 is 0. The Kier molecular flexibility index (Phi) is 5.41.